The highest BCUT2D eigenvalue weighted by Crippen LogP contribution is 2.23. The zero-order valence-corrected chi connectivity index (χ0v) is 11.7. The summed E-state index contributed by atoms with van der Waals surface area (Å²) in [6.07, 6.45) is 5.53. The predicted octanol–water partition coefficient (Wildman–Crippen LogP) is 2.63. The van der Waals surface area contributed by atoms with Crippen LogP contribution in [-0.2, 0) is 13.1 Å². The van der Waals surface area contributed by atoms with Crippen LogP contribution >= 0.6 is 11.3 Å². The first-order valence-electron chi connectivity index (χ1n) is 6.64. The molecule has 0 unspecified atom stereocenters. The van der Waals surface area contributed by atoms with E-state index in [1.807, 2.05) is 0 Å². The van der Waals surface area contributed by atoms with E-state index in [1.165, 1.54) is 36.4 Å². The van der Waals surface area contributed by atoms with Crippen molar-refractivity contribution in [2.45, 2.75) is 51.7 Å². The van der Waals surface area contributed by atoms with E-state index >= 15 is 0 Å². The Balaban J connectivity index is 1.83. The Hall–Kier alpha value is -0.450. The van der Waals surface area contributed by atoms with Gasteiger partial charge in [0.05, 0.1) is 5.69 Å². The smallest absolute Gasteiger partial charge is 0.107 e. The van der Waals surface area contributed by atoms with Crippen LogP contribution < -0.4 is 5.32 Å². The molecule has 2 rings (SSSR count). The summed E-state index contributed by atoms with van der Waals surface area (Å²) in [6, 6.07) is 0.786. The number of aromatic nitrogens is 1. The van der Waals surface area contributed by atoms with Crippen molar-refractivity contribution in [2.75, 3.05) is 13.6 Å². The van der Waals surface area contributed by atoms with E-state index in [1.54, 1.807) is 11.3 Å². The summed E-state index contributed by atoms with van der Waals surface area (Å²) in [5.74, 6) is 0. The second kappa shape index (κ2) is 6.47. The summed E-state index contributed by atoms with van der Waals surface area (Å²) >= 11 is 1.77. The average molecular weight is 253 g/mol. The Labute approximate surface area is 108 Å². The molecule has 0 aromatic carbocycles. The summed E-state index contributed by atoms with van der Waals surface area (Å²) < 4.78 is 0. The third kappa shape index (κ3) is 3.76. The van der Waals surface area contributed by atoms with Crippen LogP contribution in [0.4, 0.5) is 0 Å². The maximum Gasteiger partial charge on any atom is 0.107 e. The minimum atomic E-state index is 0.786. The number of hydrogen-bond donors (Lipinski definition) is 1. The number of rotatable bonds is 6. The lowest BCUT2D eigenvalue weighted by atomic mass is 10.2. The van der Waals surface area contributed by atoms with E-state index in [2.05, 4.69) is 34.6 Å². The molecule has 1 aliphatic carbocycles. The lowest BCUT2D eigenvalue weighted by molar-refractivity contribution is 0.235. The van der Waals surface area contributed by atoms with Crippen molar-refractivity contribution in [1.82, 2.24) is 15.2 Å². The van der Waals surface area contributed by atoms with Crippen LogP contribution in [0.3, 0.4) is 0 Å². The van der Waals surface area contributed by atoms with Crippen LogP contribution in [-0.4, -0.2) is 29.5 Å². The van der Waals surface area contributed by atoms with Gasteiger partial charge in [0.1, 0.15) is 5.01 Å². The van der Waals surface area contributed by atoms with Crippen LogP contribution in [0.15, 0.2) is 5.38 Å². The van der Waals surface area contributed by atoms with Gasteiger partial charge in [-0.1, -0.05) is 19.8 Å². The Morgan fingerprint density at radius 1 is 1.47 bits per heavy atom. The van der Waals surface area contributed by atoms with Gasteiger partial charge in [-0.05, 0) is 26.4 Å². The van der Waals surface area contributed by atoms with Gasteiger partial charge in [0.25, 0.3) is 0 Å². The Bertz CT molecular complexity index is 331. The molecule has 1 N–H and O–H groups in total. The molecule has 17 heavy (non-hydrogen) atoms. The van der Waals surface area contributed by atoms with Gasteiger partial charge in [-0.3, -0.25) is 4.90 Å². The standard InChI is InChI=1S/C13H23N3S/c1-3-14-8-13-15-11(10-17-13)9-16(2)12-6-4-5-7-12/h10,12,14H,3-9H2,1-2H3. The van der Waals surface area contributed by atoms with E-state index in [4.69, 9.17) is 0 Å². The van der Waals surface area contributed by atoms with E-state index in [0.29, 0.717) is 0 Å². The van der Waals surface area contributed by atoms with Gasteiger partial charge in [0.15, 0.2) is 0 Å². The van der Waals surface area contributed by atoms with Gasteiger partial charge in [0, 0.05) is 24.5 Å². The fourth-order valence-corrected chi connectivity index (χ4v) is 3.22. The van der Waals surface area contributed by atoms with Crippen LogP contribution in [0.1, 0.15) is 43.3 Å². The normalized spacial score (nSPS) is 17.1. The maximum atomic E-state index is 4.67. The molecule has 96 valence electrons. The second-order valence-corrected chi connectivity index (χ2v) is 5.81. The molecular formula is C13H23N3S. The van der Waals surface area contributed by atoms with Gasteiger partial charge in [0.2, 0.25) is 0 Å². The fourth-order valence-electron chi connectivity index (χ4n) is 2.46. The van der Waals surface area contributed by atoms with Gasteiger partial charge < -0.3 is 5.32 Å². The highest BCUT2D eigenvalue weighted by Gasteiger charge is 2.19. The van der Waals surface area contributed by atoms with Crippen LogP contribution in [0.25, 0.3) is 0 Å². The molecule has 0 saturated heterocycles. The molecule has 1 saturated carbocycles. The topological polar surface area (TPSA) is 28.2 Å². The maximum absolute atomic E-state index is 4.67. The van der Waals surface area contributed by atoms with Gasteiger partial charge in [-0.2, -0.15) is 0 Å². The van der Waals surface area contributed by atoms with E-state index in [9.17, 15) is 0 Å². The van der Waals surface area contributed by atoms with Gasteiger partial charge in [-0.15, -0.1) is 11.3 Å². The lowest BCUT2D eigenvalue weighted by Gasteiger charge is -2.22. The average Bonchev–Trinajstić information content (AvgIpc) is 2.97. The molecule has 4 heteroatoms. The molecule has 3 nitrogen and oxygen atoms in total. The van der Waals surface area contributed by atoms with E-state index < -0.39 is 0 Å². The van der Waals surface area contributed by atoms with Crippen LogP contribution in [0.2, 0.25) is 0 Å². The van der Waals surface area contributed by atoms with Gasteiger partial charge >= 0.3 is 0 Å². The van der Waals surface area contributed by atoms with E-state index in [-0.39, 0.29) is 0 Å². The molecule has 0 bridgehead atoms. The molecule has 1 aliphatic rings. The van der Waals surface area contributed by atoms with Crippen molar-refractivity contribution >= 4 is 11.3 Å². The number of hydrogen-bond acceptors (Lipinski definition) is 4. The third-order valence-electron chi connectivity index (χ3n) is 3.48. The molecule has 0 spiro atoms. The minimum Gasteiger partial charge on any atom is -0.311 e. The molecule has 1 aromatic rings. The van der Waals surface area contributed by atoms with Crippen molar-refractivity contribution < 1.29 is 0 Å². The molecule has 0 atom stereocenters. The van der Waals surface area contributed by atoms with Crippen LogP contribution in [0.5, 0.6) is 0 Å². The summed E-state index contributed by atoms with van der Waals surface area (Å²) in [4.78, 5) is 7.14. The Morgan fingerprint density at radius 2 is 2.24 bits per heavy atom. The molecule has 1 fully saturated rings. The highest BCUT2D eigenvalue weighted by molar-refractivity contribution is 7.09. The Kier molecular flexibility index (Phi) is 4.95. The lowest BCUT2D eigenvalue weighted by Crippen LogP contribution is -2.28. The fraction of sp³-hybridized carbons (Fsp3) is 0.769. The zero-order valence-electron chi connectivity index (χ0n) is 10.9. The van der Waals surface area contributed by atoms with Crippen molar-refractivity contribution in [3.05, 3.63) is 16.1 Å². The summed E-state index contributed by atoms with van der Waals surface area (Å²) in [6.45, 7) is 5.06. The largest absolute Gasteiger partial charge is 0.311 e. The SMILES string of the molecule is CCNCc1nc(CN(C)C2CCCC2)cs1. The van der Waals surface area contributed by atoms with E-state index in [0.717, 1.165) is 25.7 Å². The Morgan fingerprint density at radius 3 is 2.94 bits per heavy atom. The summed E-state index contributed by atoms with van der Waals surface area (Å²) in [5.41, 5.74) is 1.23. The molecule has 1 aromatic heterocycles. The first-order valence-corrected chi connectivity index (χ1v) is 7.51. The van der Waals surface area contributed by atoms with Crippen molar-refractivity contribution in [3.8, 4) is 0 Å². The monoisotopic (exact) mass is 253 g/mol. The quantitative estimate of drug-likeness (QED) is 0.845. The predicted molar refractivity (Wildman–Crippen MR) is 73.2 cm³/mol. The van der Waals surface area contributed by atoms with Crippen molar-refractivity contribution in [1.29, 1.82) is 0 Å². The minimum absolute atomic E-state index is 0.786. The molecular weight excluding hydrogens is 230 g/mol. The first-order chi connectivity index (χ1) is 8.29. The molecule has 0 aliphatic heterocycles. The number of thiazole rings is 1. The summed E-state index contributed by atoms with van der Waals surface area (Å²) in [7, 11) is 2.24. The number of nitrogens with one attached hydrogen (secondary N) is 1. The molecule has 0 radical (unpaired) electrons. The number of nitrogens with zero attached hydrogens (tertiary/aromatic N) is 2. The molecule has 1 heterocycles. The second-order valence-electron chi connectivity index (χ2n) is 4.87. The molecule has 0 amide bonds. The first kappa shape index (κ1) is 13.0. The summed E-state index contributed by atoms with van der Waals surface area (Å²) in [5, 5.41) is 6.74. The highest BCUT2D eigenvalue weighted by atomic mass is 32.1. The van der Waals surface area contributed by atoms with Crippen LogP contribution in [0, 0.1) is 0 Å². The zero-order chi connectivity index (χ0) is 12.1. The van der Waals surface area contributed by atoms with Crippen molar-refractivity contribution in [3.63, 3.8) is 0 Å². The van der Waals surface area contributed by atoms with Crippen molar-refractivity contribution in [2.24, 2.45) is 0 Å². The third-order valence-corrected chi connectivity index (χ3v) is 4.38. The van der Waals surface area contributed by atoms with Gasteiger partial charge in [-0.25, -0.2) is 4.98 Å².